The van der Waals surface area contributed by atoms with Crippen molar-refractivity contribution in [2.45, 2.75) is 32.9 Å². The van der Waals surface area contributed by atoms with Gasteiger partial charge in [0.2, 0.25) is 0 Å². The van der Waals surface area contributed by atoms with E-state index in [4.69, 9.17) is 4.74 Å². The van der Waals surface area contributed by atoms with E-state index in [1.165, 1.54) is 18.4 Å². The van der Waals surface area contributed by atoms with Crippen molar-refractivity contribution < 1.29 is 4.74 Å². The molecule has 0 spiro atoms. The van der Waals surface area contributed by atoms with Crippen molar-refractivity contribution in [3.05, 3.63) is 18.0 Å². The van der Waals surface area contributed by atoms with E-state index in [1.807, 2.05) is 10.9 Å². The van der Waals surface area contributed by atoms with Crippen LogP contribution < -0.4 is 5.32 Å². The molecule has 0 amide bonds. The predicted octanol–water partition coefficient (Wildman–Crippen LogP) is 1.42. The molecule has 0 bridgehead atoms. The molecule has 1 fully saturated rings. The van der Waals surface area contributed by atoms with Gasteiger partial charge < -0.3 is 10.1 Å². The van der Waals surface area contributed by atoms with E-state index < -0.39 is 0 Å². The van der Waals surface area contributed by atoms with Gasteiger partial charge in [0.05, 0.1) is 12.8 Å². The number of aromatic nitrogens is 2. The molecule has 1 aromatic rings. The second-order valence-corrected chi connectivity index (χ2v) is 4.41. The number of nitrogens with one attached hydrogen (secondary N) is 1. The summed E-state index contributed by atoms with van der Waals surface area (Å²) in [4.78, 5) is 0. The molecule has 2 heterocycles. The van der Waals surface area contributed by atoms with Crippen LogP contribution in [-0.4, -0.2) is 29.5 Å². The first-order valence-electron chi connectivity index (χ1n) is 6.18. The Balaban J connectivity index is 1.66. The predicted molar refractivity (Wildman–Crippen MR) is 63.2 cm³/mol. The molecule has 0 radical (unpaired) electrons. The Morgan fingerprint density at radius 2 is 2.31 bits per heavy atom. The molecule has 1 saturated heterocycles. The van der Waals surface area contributed by atoms with Crippen LogP contribution in [0.1, 0.15) is 25.3 Å². The molecule has 4 heteroatoms. The van der Waals surface area contributed by atoms with Crippen LogP contribution in [0.25, 0.3) is 0 Å². The summed E-state index contributed by atoms with van der Waals surface area (Å²) in [7, 11) is 0. The molecule has 2 rings (SSSR count). The van der Waals surface area contributed by atoms with Gasteiger partial charge in [0.25, 0.3) is 0 Å². The lowest BCUT2D eigenvalue weighted by Gasteiger charge is -2.22. The molecule has 0 atom stereocenters. The monoisotopic (exact) mass is 223 g/mol. The number of hydrogen-bond donors (Lipinski definition) is 1. The first-order chi connectivity index (χ1) is 7.88. The third kappa shape index (κ3) is 3.32. The van der Waals surface area contributed by atoms with Crippen molar-refractivity contribution in [3.8, 4) is 0 Å². The second-order valence-electron chi connectivity index (χ2n) is 4.41. The fourth-order valence-corrected chi connectivity index (χ4v) is 2.05. The molecular formula is C12H21N3O. The maximum Gasteiger partial charge on any atom is 0.0747 e. The van der Waals surface area contributed by atoms with E-state index in [2.05, 4.69) is 23.5 Å². The van der Waals surface area contributed by atoms with Gasteiger partial charge in [0.1, 0.15) is 0 Å². The Labute approximate surface area is 97.0 Å². The van der Waals surface area contributed by atoms with E-state index in [9.17, 15) is 0 Å². The lowest BCUT2D eigenvalue weighted by Crippen LogP contribution is -2.29. The SMILES string of the molecule is CCn1cc(COCC2CCNCC2)cn1. The van der Waals surface area contributed by atoms with Crippen molar-refractivity contribution in [2.75, 3.05) is 19.7 Å². The summed E-state index contributed by atoms with van der Waals surface area (Å²) >= 11 is 0. The zero-order valence-corrected chi connectivity index (χ0v) is 9.98. The maximum atomic E-state index is 5.74. The molecule has 16 heavy (non-hydrogen) atoms. The third-order valence-electron chi connectivity index (χ3n) is 3.09. The Morgan fingerprint density at radius 3 is 3.00 bits per heavy atom. The normalized spacial score (nSPS) is 17.8. The maximum absolute atomic E-state index is 5.74. The van der Waals surface area contributed by atoms with E-state index in [0.29, 0.717) is 6.61 Å². The molecule has 90 valence electrons. The van der Waals surface area contributed by atoms with E-state index in [0.717, 1.165) is 32.2 Å². The molecule has 0 aliphatic carbocycles. The highest BCUT2D eigenvalue weighted by Crippen LogP contribution is 2.12. The van der Waals surface area contributed by atoms with Gasteiger partial charge in [-0.1, -0.05) is 0 Å². The Bertz CT molecular complexity index is 305. The summed E-state index contributed by atoms with van der Waals surface area (Å²) in [5.74, 6) is 0.738. The molecule has 0 saturated carbocycles. The molecule has 1 aliphatic heterocycles. The fourth-order valence-electron chi connectivity index (χ4n) is 2.05. The van der Waals surface area contributed by atoms with Crippen molar-refractivity contribution in [3.63, 3.8) is 0 Å². The smallest absolute Gasteiger partial charge is 0.0747 e. The number of nitrogens with zero attached hydrogens (tertiary/aromatic N) is 2. The quantitative estimate of drug-likeness (QED) is 0.820. The largest absolute Gasteiger partial charge is 0.376 e. The highest BCUT2D eigenvalue weighted by Gasteiger charge is 2.12. The molecule has 1 N–H and O–H groups in total. The van der Waals surface area contributed by atoms with Crippen LogP contribution in [0.5, 0.6) is 0 Å². The molecular weight excluding hydrogens is 202 g/mol. The van der Waals surface area contributed by atoms with Gasteiger partial charge in [0.15, 0.2) is 0 Å². The van der Waals surface area contributed by atoms with Crippen LogP contribution in [0.2, 0.25) is 0 Å². The van der Waals surface area contributed by atoms with Crippen LogP contribution in [0.15, 0.2) is 12.4 Å². The van der Waals surface area contributed by atoms with E-state index >= 15 is 0 Å². The minimum absolute atomic E-state index is 0.698. The van der Waals surface area contributed by atoms with Gasteiger partial charge in [0, 0.05) is 24.9 Å². The molecule has 4 nitrogen and oxygen atoms in total. The zero-order valence-electron chi connectivity index (χ0n) is 9.98. The first kappa shape index (κ1) is 11.6. The zero-order chi connectivity index (χ0) is 11.2. The minimum Gasteiger partial charge on any atom is -0.376 e. The number of rotatable bonds is 5. The van der Waals surface area contributed by atoms with Gasteiger partial charge in [-0.15, -0.1) is 0 Å². The fraction of sp³-hybridized carbons (Fsp3) is 0.750. The lowest BCUT2D eigenvalue weighted by atomic mass is 9.99. The summed E-state index contributed by atoms with van der Waals surface area (Å²) in [6, 6.07) is 0. The molecule has 0 aromatic carbocycles. The third-order valence-corrected chi connectivity index (χ3v) is 3.09. The van der Waals surface area contributed by atoms with Crippen molar-refractivity contribution in [2.24, 2.45) is 5.92 Å². The minimum atomic E-state index is 0.698. The van der Waals surface area contributed by atoms with Crippen LogP contribution in [0, 0.1) is 5.92 Å². The summed E-state index contributed by atoms with van der Waals surface area (Å²) < 4.78 is 7.67. The molecule has 0 unspecified atom stereocenters. The van der Waals surface area contributed by atoms with Crippen LogP contribution >= 0.6 is 0 Å². The summed E-state index contributed by atoms with van der Waals surface area (Å²) in [6.45, 7) is 6.88. The van der Waals surface area contributed by atoms with Crippen molar-refractivity contribution in [1.82, 2.24) is 15.1 Å². The highest BCUT2D eigenvalue weighted by atomic mass is 16.5. The second kappa shape index (κ2) is 6.01. The number of aryl methyl sites for hydroxylation is 1. The Kier molecular flexibility index (Phi) is 4.36. The lowest BCUT2D eigenvalue weighted by molar-refractivity contribution is 0.0763. The van der Waals surface area contributed by atoms with Crippen LogP contribution in [0.3, 0.4) is 0 Å². The van der Waals surface area contributed by atoms with Gasteiger partial charge in [-0.3, -0.25) is 4.68 Å². The Morgan fingerprint density at radius 1 is 1.50 bits per heavy atom. The standard InChI is InChI=1S/C12H21N3O/c1-2-15-8-12(7-14-15)10-16-9-11-3-5-13-6-4-11/h7-8,11,13H,2-6,9-10H2,1H3. The van der Waals surface area contributed by atoms with Crippen LogP contribution in [0.4, 0.5) is 0 Å². The average molecular weight is 223 g/mol. The van der Waals surface area contributed by atoms with Gasteiger partial charge in [-0.25, -0.2) is 0 Å². The van der Waals surface area contributed by atoms with Crippen molar-refractivity contribution >= 4 is 0 Å². The van der Waals surface area contributed by atoms with Gasteiger partial charge >= 0.3 is 0 Å². The van der Waals surface area contributed by atoms with Crippen molar-refractivity contribution in [1.29, 1.82) is 0 Å². The molecule has 1 aromatic heterocycles. The number of hydrogen-bond acceptors (Lipinski definition) is 3. The Hall–Kier alpha value is -0.870. The molecule has 1 aliphatic rings. The summed E-state index contributed by atoms with van der Waals surface area (Å²) in [5, 5.41) is 7.59. The van der Waals surface area contributed by atoms with E-state index in [1.54, 1.807) is 0 Å². The average Bonchev–Trinajstić information content (AvgIpc) is 2.78. The van der Waals surface area contributed by atoms with Gasteiger partial charge in [-0.05, 0) is 38.8 Å². The van der Waals surface area contributed by atoms with Crippen LogP contribution in [-0.2, 0) is 17.9 Å². The highest BCUT2D eigenvalue weighted by molar-refractivity contribution is 5.01. The summed E-state index contributed by atoms with van der Waals surface area (Å²) in [6.07, 6.45) is 6.44. The number of piperidine rings is 1. The van der Waals surface area contributed by atoms with E-state index in [-0.39, 0.29) is 0 Å². The van der Waals surface area contributed by atoms with Gasteiger partial charge in [-0.2, -0.15) is 5.10 Å². The first-order valence-corrected chi connectivity index (χ1v) is 6.18. The topological polar surface area (TPSA) is 39.1 Å². The summed E-state index contributed by atoms with van der Waals surface area (Å²) in [5.41, 5.74) is 1.18. The number of ether oxygens (including phenoxy) is 1.